The number of carbonyl (C=O) groups is 5. The number of unbranched alkanes of at least 4 members (excludes halogenated alkanes) is 1. The summed E-state index contributed by atoms with van der Waals surface area (Å²) in [6.45, 7) is 2.26. The van der Waals surface area contributed by atoms with Crippen LogP contribution in [-0.4, -0.2) is 230 Å². The van der Waals surface area contributed by atoms with Crippen molar-refractivity contribution < 1.29 is 85.9 Å². The Morgan fingerprint density at radius 2 is 1.00 bits per heavy atom. The summed E-state index contributed by atoms with van der Waals surface area (Å²) in [5.41, 5.74) is 3.45. The average Bonchev–Trinajstić information content (AvgIpc) is 1.59. The molecule has 5 amide bonds. The number of pyridine rings is 3. The Bertz CT molecular complexity index is 4760. The van der Waals surface area contributed by atoms with Crippen molar-refractivity contribution in [1.82, 2.24) is 85.6 Å². The Balaban J connectivity index is 0.000000298. The number of hydrogen-bond acceptors (Lipinski definition) is 21. The molecule has 0 bridgehead atoms. The number of anilines is 3. The first-order chi connectivity index (χ1) is 51.3. The van der Waals surface area contributed by atoms with Crippen LogP contribution in [0.1, 0.15) is 48.6 Å². The summed E-state index contributed by atoms with van der Waals surface area (Å²) < 4.78 is 140. The second kappa shape index (κ2) is 34.0. The lowest BCUT2D eigenvalue weighted by Gasteiger charge is -2.40. The number of nitrogens with zero attached hydrogens (tertiary/aromatic N) is 14. The number of fused-ring (bicyclic) bond motifs is 3. The van der Waals surface area contributed by atoms with Crippen molar-refractivity contribution in [3.05, 3.63) is 107 Å². The first-order valence-corrected chi connectivity index (χ1v) is 36.4. The fourth-order valence-corrected chi connectivity index (χ4v) is 15.7. The number of aromatic nitrogens is 12. The predicted octanol–water partition coefficient (Wildman–Crippen LogP) is 13.1. The lowest BCUT2D eigenvalue weighted by Crippen LogP contribution is -2.61. The van der Waals surface area contributed by atoms with Gasteiger partial charge in [-0.3, -0.25) is 14.4 Å². The molecule has 4 aliphatic rings. The minimum Gasteiger partial charge on any atom is -0.449 e. The van der Waals surface area contributed by atoms with E-state index in [0.717, 1.165) is 24.1 Å². The van der Waals surface area contributed by atoms with Gasteiger partial charge in [-0.1, -0.05) is 62.0 Å². The third kappa shape index (κ3) is 19.9. The van der Waals surface area contributed by atoms with Gasteiger partial charge < -0.3 is 64.9 Å². The van der Waals surface area contributed by atoms with Crippen molar-refractivity contribution in [1.29, 1.82) is 0 Å². The van der Waals surface area contributed by atoms with Gasteiger partial charge >= 0.3 is 30.7 Å². The summed E-state index contributed by atoms with van der Waals surface area (Å²) in [5, 5.41) is 9.02. The maximum atomic E-state index is 15.0. The van der Waals surface area contributed by atoms with Crippen molar-refractivity contribution in [3.8, 4) is 34.2 Å². The molecule has 4 aliphatic heterocycles. The van der Waals surface area contributed by atoms with Crippen molar-refractivity contribution in [2.75, 3.05) is 105 Å². The molecule has 0 aliphatic carbocycles. The van der Waals surface area contributed by atoms with Crippen LogP contribution in [0.2, 0.25) is 15.1 Å². The van der Waals surface area contributed by atoms with Crippen molar-refractivity contribution >= 4 is 139 Å². The quantitative estimate of drug-likeness (QED) is 0.0364. The molecule has 0 radical (unpaired) electrons. The van der Waals surface area contributed by atoms with Crippen LogP contribution < -0.4 is 30.7 Å². The molecule has 108 heavy (non-hydrogen) atoms. The molecule has 27 nitrogen and oxygen atoms in total. The molecule has 588 valence electrons. The number of H-pyrrole nitrogens is 3. The second-order valence-electron chi connectivity index (χ2n) is 25.3. The van der Waals surface area contributed by atoms with E-state index in [1.54, 1.807) is 82.2 Å². The Kier molecular flexibility index (Phi) is 25.0. The highest BCUT2D eigenvalue weighted by Gasteiger charge is 2.51. The third-order valence-electron chi connectivity index (χ3n) is 17.0. The molecule has 42 heteroatoms. The fourth-order valence-electron chi connectivity index (χ4n) is 12.0. The van der Waals surface area contributed by atoms with Crippen LogP contribution in [0.25, 0.3) is 67.3 Å². The Morgan fingerprint density at radius 3 is 1.42 bits per heavy atom. The van der Waals surface area contributed by atoms with Crippen LogP contribution in [-0.2, 0) is 23.9 Å². The Morgan fingerprint density at radius 1 is 0.583 bits per heavy atom. The van der Waals surface area contributed by atoms with Crippen LogP contribution in [0, 0.1) is 11.7 Å². The standard InChI is InChI=1S/2C23H25ClF3N7O3.C20H17ClF4N6OS2.6H2/c1-13(2)11-37-22(36)33-5-6-34(17(10-33)21(35)31-12-23(25,26)27)18-3-4-28-20(32-18)16-9-30-19-15(16)7-14(24)8-29-19;1-2-3-8-37-22(36)33-6-7-34(17(12-33)21(35)31-13-23(25,26)27)18-4-5-28-20(32-18)16-11-30-19-15(16)9-14(24)10-29-19;21-10-3-11-12(6-27-15(11)26-5-10)16-28-7-13(22)17(30-16)31-9-19(33-1-2-34-19)4-14(31)18(32)29-8-20(23,24)25;;;;;;/h3-4,7-9,13,17H,5-6,10-12H2,1-2H3,(H,29,30)(H,31,35);4-5,9-11,17H,2-3,6-8,12-13H2,1H3,(H,29,30)(H,31,35);3,5-7,14H,1-2,4,8-9H2,(H,26,27)(H,29,32);6*1H/t2*17-;14-;;;;;;/m111....../s1. The van der Waals surface area contributed by atoms with Crippen LogP contribution in [0.3, 0.4) is 0 Å². The highest BCUT2D eigenvalue weighted by Crippen LogP contribution is 2.53. The third-order valence-corrected chi connectivity index (χ3v) is 21.1. The summed E-state index contributed by atoms with van der Waals surface area (Å²) in [6, 6.07) is 4.94. The maximum absolute atomic E-state index is 15.0. The minimum atomic E-state index is -4.59. The summed E-state index contributed by atoms with van der Waals surface area (Å²) >= 11 is 21.5. The molecule has 0 saturated carbocycles. The van der Waals surface area contributed by atoms with Crippen molar-refractivity contribution in [3.63, 3.8) is 0 Å². The number of nitrogens with one attached hydrogen (secondary N) is 6. The predicted molar refractivity (Wildman–Crippen MR) is 397 cm³/mol. The van der Waals surface area contributed by atoms with E-state index in [2.05, 4.69) is 59.8 Å². The molecule has 1 spiro atoms. The van der Waals surface area contributed by atoms with E-state index in [1.807, 2.05) is 36.7 Å². The van der Waals surface area contributed by atoms with E-state index < -0.39 is 96.1 Å². The van der Waals surface area contributed by atoms with E-state index in [9.17, 15) is 67.9 Å². The monoisotopic (exact) mass is 1620 g/mol. The first-order valence-electron chi connectivity index (χ1n) is 33.3. The normalized spacial score (nSPS) is 17.4. The summed E-state index contributed by atoms with van der Waals surface area (Å²) in [5.74, 6) is -0.268. The molecule has 0 aromatic carbocycles. The molecule has 4 saturated heterocycles. The molecular formula is C66H79Cl3F10N20O7S2. The molecule has 9 aromatic heterocycles. The van der Waals surface area contributed by atoms with E-state index in [-0.39, 0.29) is 91.6 Å². The molecule has 9 aromatic rings. The number of ether oxygens (including phenoxy) is 2. The van der Waals surface area contributed by atoms with Gasteiger partial charge in [0.1, 0.15) is 66.3 Å². The zero-order valence-corrected chi connectivity index (χ0v) is 61.2. The number of rotatable bonds is 17. The molecule has 6 N–H and O–H groups in total. The van der Waals surface area contributed by atoms with Gasteiger partial charge in [-0.05, 0) is 42.7 Å². The van der Waals surface area contributed by atoms with Gasteiger partial charge in [0, 0.05) is 142 Å². The number of carbonyl (C=O) groups excluding carboxylic acids is 5. The Labute approximate surface area is 640 Å². The summed E-state index contributed by atoms with van der Waals surface area (Å²) in [7, 11) is 0. The van der Waals surface area contributed by atoms with Gasteiger partial charge in [0.15, 0.2) is 29.1 Å². The van der Waals surface area contributed by atoms with E-state index in [0.29, 0.717) is 94.6 Å². The number of halogens is 13. The SMILES string of the molecule is CC(C)COC(=O)N1CCN(c2ccnc(-c3c[nH]c4ncc(Cl)cc34)n2)[C@@H](C(=O)NCC(F)(F)F)C1.CCCCOC(=O)N1CCN(c2ccnc(-c3c[nH]c4ncc(Cl)cc34)n2)[C@@H](C(=O)NCC(F)(F)F)C1.O=C(NCC(F)(F)F)[C@H]1CC2(CN1c1nc(-c3c[nH]c4ncc(Cl)cc34)ncc1F)SCCS2.[HH].[HH].[HH].[HH].[HH].[HH]. The van der Waals surface area contributed by atoms with Crippen molar-refractivity contribution in [2.24, 2.45) is 5.92 Å². The topological polar surface area (TPSA) is 319 Å². The number of aromatic amines is 3. The van der Waals surface area contributed by atoms with Gasteiger partial charge in [0.2, 0.25) is 17.7 Å². The molecule has 13 rings (SSSR count). The number of amides is 5. The summed E-state index contributed by atoms with van der Waals surface area (Å²) in [6.07, 6.45) is 0.231. The van der Waals surface area contributed by atoms with E-state index in [1.165, 1.54) is 45.7 Å². The van der Waals surface area contributed by atoms with Gasteiger partial charge in [-0.15, -0.1) is 23.5 Å². The van der Waals surface area contributed by atoms with Gasteiger partial charge in [-0.25, -0.2) is 58.8 Å². The van der Waals surface area contributed by atoms with Crippen LogP contribution in [0.4, 0.5) is 70.9 Å². The van der Waals surface area contributed by atoms with Gasteiger partial charge in [0.05, 0.1) is 51.6 Å². The number of thioether (sulfide) groups is 2. The first kappa shape index (κ1) is 79.6. The molecule has 0 unspecified atom stereocenters. The second-order valence-corrected chi connectivity index (χ2v) is 29.8. The van der Waals surface area contributed by atoms with Crippen molar-refractivity contribution in [2.45, 2.75) is 80.8 Å². The zero-order chi connectivity index (χ0) is 77.4. The van der Waals surface area contributed by atoms with Crippen LogP contribution in [0.5, 0.6) is 0 Å². The molecule has 3 atom stereocenters. The largest absolute Gasteiger partial charge is 0.449 e. The van der Waals surface area contributed by atoms with E-state index >= 15 is 0 Å². The van der Waals surface area contributed by atoms with Crippen LogP contribution >= 0.6 is 58.3 Å². The maximum Gasteiger partial charge on any atom is 0.409 e. The summed E-state index contributed by atoms with van der Waals surface area (Å²) in [4.78, 5) is 119. The minimum absolute atomic E-state index is 0. The zero-order valence-electron chi connectivity index (χ0n) is 57.3. The molecule has 13 heterocycles. The lowest BCUT2D eigenvalue weighted by molar-refractivity contribution is -0.139. The number of piperazine rings is 2. The van der Waals surface area contributed by atoms with Gasteiger partial charge in [0.25, 0.3) is 0 Å². The number of alkyl halides is 9. The fraction of sp³-hybridized carbons (Fsp3) is 0.424. The highest BCUT2D eigenvalue weighted by atomic mass is 35.5. The smallest absolute Gasteiger partial charge is 0.409 e. The molecular weight excluding hydrogens is 1550 g/mol. The number of hydrogen-bond donors (Lipinski definition) is 6. The van der Waals surface area contributed by atoms with Gasteiger partial charge in [-0.2, -0.15) is 39.5 Å². The lowest BCUT2D eigenvalue weighted by atomic mass is 10.1. The van der Waals surface area contributed by atoms with E-state index in [4.69, 9.17) is 44.3 Å². The average molecular weight is 1620 g/mol. The van der Waals surface area contributed by atoms with Crippen LogP contribution in [0.15, 0.2) is 86.1 Å². The molecule has 4 fully saturated rings. The highest BCUT2D eigenvalue weighted by molar-refractivity contribution is 8.21. The Hall–Kier alpha value is -9.47.